The van der Waals surface area contributed by atoms with Crippen LogP contribution in [0.1, 0.15) is 107 Å². The van der Waals surface area contributed by atoms with Gasteiger partial charge in [0.2, 0.25) is 5.79 Å². The number of hydrogen-bond acceptors (Lipinski definition) is 11. The molecule has 323 valence electrons. The van der Waals surface area contributed by atoms with Gasteiger partial charge in [-0.1, -0.05) is 41.5 Å². The molecule has 58 heavy (non-hydrogen) atoms. The molecule has 0 saturated carbocycles. The molecule has 5 aliphatic heterocycles. The molecule has 4 N–H and O–H groups in total. The number of anilines is 1. The van der Waals surface area contributed by atoms with Gasteiger partial charge in [-0.3, -0.25) is 10.1 Å². The maximum absolute atomic E-state index is 12.7. The minimum atomic E-state index is -1.67. The summed E-state index contributed by atoms with van der Waals surface area (Å²) in [6.45, 7) is 15.7. The summed E-state index contributed by atoms with van der Waals surface area (Å²) >= 11 is 2.20. The Bertz CT molecular complexity index is 1580. The van der Waals surface area contributed by atoms with E-state index in [0.29, 0.717) is 31.4 Å². The average Bonchev–Trinajstić information content (AvgIpc) is 3.88. The van der Waals surface area contributed by atoms with Crippen molar-refractivity contribution in [1.29, 1.82) is 0 Å². The van der Waals surface area contributed by atoms with Crippen molar-refractivity contribution in [2.75, 3.05) is 19.0 Å². The van der Waals surface area contributed by atoms with Crippen LogP contribution in [0.15, 0.2) is 24.3 Å². The first-order chi connectivity index (χ1) is 26.8. The summed E-state index contributed by atoms with van der Waals surface area (Å²) in [7, 11) is 1.52. The summed E-state index contributed by atoms with van der Waals surface area (Å²) in [5.41, 5.74) is -0.638. The zero-order valence-electron chi connectivity index (χ0n) is 36.1. The van der Waals surface area contributed by atoms with E-state index < -0.39 is 65.2 Å². The SMILES string of the molecule is CCC1(C2OC(C3OC(O)(COC(=O)Nc4ccc(I)cc4)C(C)CC3C)CC2C)CCC(C2(C)CCC3(CC(O)C(C)C(C(C)C(OC)C(C)C(=O)O)O3)O2)O1.[Na]. The standard InChI is InChI=1S/C43H66INO12.Na/c1-10-41(16-15-33(54-41)40(8)17-18-42(57-40)21-31(46)26(5)36(55-42)27(6)35(51-9)28(7)38(47)48)37-24(3)20-32(53-37)34-23(2)19-25(4)43(50,56-34)22-52-39(49)45-30-13-11-29(44)12-14-30;/h11-14,23-28,31-37,46,50H,10,15-22H2,1-9H3,(H,45,49)(H,47,48);. The van der Waals surface area contributed by atoms with Crippen LogP contribution in [-0.2, 0) is 38.0 Å². The van der Waals surface area contributed by atoms with Crippen molar-refractivity contribution in [3.8, 4) is 0 Å². The van der Waals surface area contributed by atoms with Gasteiger partial charge < -0.3 is 48.5 Å². The molecular formula is C43H66INNaO12. The van der Waals surface area contributed by atoms with Gasteiger partial charge in [-0.15, -0.1) is 0 Å². The predicted molar refractivity (Wildman–Crippen MR) is 225 cm³/mol. The van der Waals surface area contributed by atoms with Crippen molar-refractivity contribution < 1.29 is 58.1 Å². The van der Waals surface area contributed by atoms with Gasteiger partial charge in [-0.2, -0.15) is 0 Å². The third-order valence-corrected chi connectivity index (χ3v) is 15.0. The number of carbonyl (C=O) groups is 2. The molecule has 5 heterocycles. The van der Waals surface area contributed by atoms with Crippen LogP contribution in [0.2, 0.25) is 0 Å². The van der Waals surface area contributed by atoms with E-state index in [1.54, 1.807) is 19.1 Å². The van der Waals surface area contributed by atoms with E-state index in [-0.39, 0.29) is 84.1 Å². The molecule has 1 aromatic rings. The number of carbonyl (C=O) groups excluding carboxylic acids is 1. The van der Waals surface area contributed by atoms with Crippen LogP contribution in [-0.4, -0.2) is 136 Å². The molecule has 5 fully saturated rings. The van der Waals surface area contributed by atoms with Gasteiger partial charge in [0.1, 0.15) is 6.61 Å². The van der Waals surface area contributed by atoms with Crippen LogP contribution in [0.4, 0.5) is 10.5 Å². The van der Waals surface area contributed by atoms with E-state index in [9.17, 15) is 24.9 Å². The van der Waals surface area contributed by atoms with Crippen molar-refractivity contribution in [2.45, 2.75) is 172 Å². The fraction of sp³-hybridized carbons (Fsp3) is 0.814. The number of halogens is 1. The van der Waals surface area contributed by atoms with Gasteiger partial charge >= 0.3 is 12.1 Å². The van der Waals surface area contributed by atoms with E-state index in [2.05, 4.69) is 55.6 Å². The third kappa shape index (κ3) is 9.78. The number of carboxylic acids is 1. The first-order valence-corrected chi connectivity index (χ1v) is 22.1. The molecule has 13 nitrogen and oxygen atoms in total. The normalized spacial score (nSPS) is 43.0. The number of aliphatic hydroxyl groups excluding tert-OH is 1. The molecule has 5 aliphatic rings. The minimum absolute atomic E-state index is 0. The van der Waals surface area contributed by atoms with Crippen molar-refractivity contribution in [3.63, 3.8) is 0 Å². The van der Waals surface area contributed by atoms with Gasteiger partial charge in [0.15, 0.2) is 5.79 Å². The number of methoxy groups -OCH3 is 1. The monoisotopic (exact) mass is 938 g/mol. The number of aliphatic hydroxyl groups is 2. The Balaban J connectivity index is 0.00000641. The number of hydrogen-bond donors (Lipinski definition) is 4. The number of benzene rings is 1. The number of aliphatic carboxylic acids is 1. The Morgan fingerprint density at radius 2 is 1.71 bits per heavy atom. The second kappa shape index (κ2) is 19.0. The average molecular weight is 939 g/mol. The molecular weight excluding hydrogens is 872 g/mol. The van der Waals surface area contributed by atoms with E-state index in [1.807, 2.05) is 32.9 Å². The van der Waals surface area contributed by atoms with Crippen LogP contribution < -0.4 is 5.32 Å². The summed E-state index contributed by atoms with van der Waals surface area (Å²) in [6, 6.07) is 7.35. The third-order valence-electron chi connectivity index (χ3n) is 14.3. The molecule has 17 unspecified atom stereocenters. The number of rotatable bonds is 12. The Kier molecular flexibility index (Phi) is 15.9. The first-order valence-electron chi connectivity index (χ1n) is 21.0. The van der Waals surface area contributed by atoms with Crippen molar-refractivity contribution in [3.05, 3.63) is 27.8 Å². The van der Waals surface area contributed by atoms with Gasteiger partial charge in [-0.25, -0.2) is 4.79 Å². The van der Waals surface area contributed by atoms with Gasteiger partial charge in [-0.05, 0) is 111 Å². The van der Waals surface area contributed by atoms with E-state index in [4.69, 9.17) is 33.2 Å². The van der Waals surface area contributed by atoms with Crippen LogP contribution in [0, 0.1) is 39.1 Å². The quantitative estimate of drug-likeness (QED) is 0.129. The van der Waals surface area contributed by atoms with Crippen molar-refractivity contribution in [1.82, 2.24) is 0 Å². The Hall–Kier alpha value is -0.630. The molecule has 6 rings (SSSR count). The van der Waals surface area contributed by atoms with E-state index >= 15 is 0 Å². The fourth-order valence-corrected chi connectivity index (χ4v) is 11.1. The van der Waals surface area contributed by atoms with Gasteiger partial charge in [0.25, 0.3) is 0 Å². The second-order valence-corrected chi connectivity index (χ2v) is 19.6. The van der Waals surface area contributed by atoms with Crippen molar-refractivity contribution in [2.24, 2.45) is 35.5 Å². The maximum atomic E-state index is 12.7. The largest absolute Gasteiger partial charge is 0.481 e. The molecule has 17 atom stereocenters. The minimum Gasteiger partial charge on any atom is -0.481 e. The van der Waals surface area contributed by atoms with Gasteiger partial charge in [0.05, 0.1) is 59.8 Å². The van der Waals surface area contributed by atoms with Crippen LogP contribution in [0.3, 0.4) is 0 Å². The molecule has 1 aromatic carbocycles. The molecule has 5 saturated heterocycles. The summed E-state index contributed by atoms with van der Waals surface area (Å²) < 4.78 is 46.6. The fourth-order valence-electron chi connectivity index (χ4n) is 10.8. The van der Waals surface area contributed by atoms with Gasteiger partial charge in [0, 0.05) is 76.5 Å². The summed E-state index contributed by atoms with van der Waals surface area (Å²) in [5, 5.41) is 35.6. The Labute approximate surface area is 380 Å². The predicted octanol–water partition coefficient (Wildman–Crippen LogP) is 6.75. The molecule has 0 aliphatic carbocycles. The maximum Gasteiger partial charge on any atom is 0.411 e. The molecule has 1 radical (unpaired) electrons. The van der Waals surface area contributed by atoms with E-state index in [1.165, 1.54) is 7.11 Å². The number of amides is 1. The van der Waals surface area contributed by atoms with Crippen LogP contribution in [0.25, 0.3) is 0 Å². The van der Waals surface area contributed by atoms with Crippen LogP contribution >= 0.6 is 22.6 Å². The molecule has 1 spiro atoms. The molecule has 15 heteroatoms. The molecule has 0 bridgehead atoms. The Morgan fingerprint density at radius 1 is 1.02 bits per heavy atom. The first kappa shape index (κ1) is 48.4. The zero-order valence-corrected chi connectivity index (χ0v) is 40.2. The molecule has 0 aromatic heterocycles. The number of carboxylic acid groups (broad SMARTS) is 1. The van der Waals surface area contributed by atoms with E-state index in [0.717, 1.165) is 29.3 Å². The topological polar surface area (TPSA) is 171 Å². The number of nitrogens with one attached hydrogen (secondary N) is 1. The number of ether oxygens (including phenoxy) is 7. The second-order valence-electron chi connectivity index (χ2n) is 18.3. The summed E-state index contributed by atoms with van der Waals surface area (Å²) in [6.07, 6.45) is 1.71. The summed E-state index contributed by atoms with van der Waals surface area (Å²) in [4.78, 5) is 24.6. The van der Waals surface area contributed by atoms with Crippen LogP contribution in [0.5, 0.6) is 0 Å². The van der Waals surface area contributed by atoms with Crippen molar-refractivity contribution >= 4 is 69.9 Å². The smallest absolute Gasteiger partial charge is 0.411 e. The molecule has 1 amide bonds. The zero-order chi connectivity index (χ0) is 41.7. The Morgan fingerprint density at radius 3 is 2.34 bits per heavy atom. The summed E-state index contributed by atoms with van der Waals surface area (Å²) in [5.74, 6) is -4.96.